The molecule has 162 valence electrons. The van der Waals surface area contributed by atoms with Gasteiger partial charge < -0.3 is 0 Å². The summed E-state index contributed by atoms with van der Waals surface area (Å²) in [6.45, 7) is 0. The van der Waals surface area contributed by atoms with Crippen molar-refractivity contribution in [3.8, 4) is 22.4 Å². The second-order valence-corrected chi connectivity index (χ2v) is 8.59. The van der Waals surface area contributed by atoms with Gasteiger partial charge in [-0.3, -0.25) is 15.0 Å². The normalized spacial score (nSPS) is 11.4. The van der Waals surface area contributed by atoms with Crippen LogP contribution >= 0.6 is 0 Å². The predicted molar refractivity (Wildman–Crippen MR) is 114 cm³/mol. The van der Waals surface area contributed by atoms with Crippen molar-refractivity contribution >= 4 is 15.9 Å². The van der Waals surface area contributed by atoms with Crippen molar-refractivity contribution < 1.29 is 22.8 Å². The zero-order valence-corrected chi connectivity index (χ0v) is 17.6. The number of primary sulfonamides is 1. The Morgan fingerprint density at radius 3 is 2.45 bits per heavy atom. The molecule has 0 saturated carbocycles. The highest BCUT2D eigenvalue weighted by atomic mass is 32.2. The topological polar surface area (TPSA) is 114 Å². The Morgan fingerprint density at radius 2 is 1.81 bits per heavy atom. The summed E-state index contributed by atoms with van der Waals surface area (Å²) in [5, 5.41) is 15.1. The standard InChI is InChI=1S/C22H22FN3O4S/c1-26(28)21(27)8-4-5-15-13-19(18-6-2-3-7-20(18)31(24,29)30)22(25-14-15)16-9-11-17(23)12-10-16/h2-3,6-7,9-14,28H,4-5,8H2,1H3,(H2,24,29,30). The molecule has 0 unspecified atom stereocenters. The second-order valence-electron chi connectivity index (χ2n) is 7.06. The average molecular weight is 444 g/mol. The molecule has 3 N–H and O–H groups in total. The van der Waals surface area contributed by atoms with Gasteiger partial charge in [0.2, 0.25) is 15.9 Å². The maximum Gasteiger partial charge on any atom is 0.245 e. The van der Waals surface area contributed by atoms with E-state index < -0.39 is 21.7 Å². The Hall–Kier alpha value is -3.14. The van der Waals surface area contributed by atoms with E-state index in [0.717, 1.165) is 5.56 Å². The monoisotopic (exact) mass is 443 g/mol. The third-order valence-electron chi connectivity index (χ3n) is 4.76. The number of benzene rings is 2. The van der Waals surface area contributed by atoms with E-state index >= 15 is 0 Å². The summed E-state index contributed by atoms with van der Waals surface area (Å²) in [6, 6.07) is 13.9. The van der Waals surface area contributed by atoms with Crippen LogP contribution in [0.15, 0.2) is 65.7 Å². The molecule has 0 radical (unpaired) electrons. The predicted octanol–water partition coefficient (Wildman–Crippen LogP) is 3.37. The fourth-order valence-electron chi connectivity index (χ4n) is 3.23. The molecule has 3 aromatic rings. The van der Waals surface area contributed by atoms with Crippen molar-refractivity contribution in [2.24, 2.45) is 5.14 Å². The Balaban J connectivity index is 2.08. The van der Waals surface area contributed by atoms with Gasteiger partial charge >= 0.3 is 0 Å². The number of pyridine rings is 1. The van der Waals surface area contributed by atoms with Gasteiger partial charge in [-0.1, -0.05) is 18.2 Å². The quantitative estimate of drug-likeness (QED) is 0.429. The van der Waals surface area contributed by atoms with Crippen LogP contribution in [0, 0.1) is 5.82 Å². The average Bonchev–Trinajstić information content (AvgIpc) is 2.73. The molecule has 0 atom stereocenters. The molecule has 0 aliphatic heterocycles. The summed E-state index contributed by atoms with van der Waals surface area (Å²) in [5.41, 5.74) is 2.78. The van der Waals surface area contributed by atoms with Gasteiger partial charge in [0.05, 0.1) is 10.6 Å². The maximum absolute atomic E-state index is 13.4. The van der Waals surface area contributed by atoms with E-state index in [2.05, 4.69) is 4.98 Å². The van der Waals surface area contributed by atoms with Crippen molar-refractivity contribution in [1.82, 2.24) is 10.0 Å². The van der Waals surface area contributed by atoms with Crippen LogP contribution in [-0.2, 0) is 21.2 Å². The molecular weight excluding hydrogens is 421 g/mol. The van der Waals surface area contributed by atoms with E-state index in [-0.39, 0.29) is 11.3 Å². The fourth-order valence-corrected chi connectivity index (χ4v) is 3.98. The third-order valence-corrected chi connectivity index (χ3v) is 5.73. The summed E-state index contributed by atoms with van der Waals surface area (Å²) >= 11 is 0. The maximum atomic E-state index is 13.4. The van der Waals surface area contributed by atoms with Crippen LogP contribution in [0.25, 0.3) is 22.4 Å². The summed E-state index contributed by atoms with van der Waals surface area (Å²) in [7, 11) is -2.74. The number of carbonyl (C=O) groups is 1. The molecule has 1 amide bonds. The molecule has 3 rings (SSSR count). The van der Waals surface area contributed by atoms with E-state index in [0.29, 0.717) is 40.3 Å². The van der Waals surface area contributed by atoms with Gasteiger partial charge in [0, 0.05) is 36.4 Å². The van der Waals surface area contributed by atoms with E-state index in [1.54, 1.807) is 42.6 Å². The fraction of sp³-hybridized carbons (Fsp3) is 0.182. The molecule has 7 nitrogen and oxygen atoms in total. The number of aromatic nitrogens is 1. The number of hydrogen-bond donors (Lipinski definition) is 2. The molecule has 0 bridgehead atoms. The van der Waals surface area contributed by atoms with Gasteiger partial charge in [-0.2, -0.15) is 0 Å². The lowest BCUT2D eigenvalue weighted by Crippen LogP contribution is -2.22. The molecule has 0 aliphatic rings. The summed E-state index contributed by atoms with van der Waals surface area (Å²) in [6.07, 6.45) is 2.74. The van der Waals surface area contributed by atoms with Crippen molar-refractivity contribution in [2.45, 2.75) is 24.2 Å². The lowest BCUT2D eigenvalue weighted by Gasteiger charge is -2.14. The number of nitrogens with two attached hydrogens (primary N) is 1. The van der Waals surface area contributed by atoms with Gasteiger partial charge in [0.15, 0.2) is 0 Å². The third kappa shape index (κ3) is 5.52. The minimum atomic E-state index is -4.00. The number of sulfonamides is 1. The van der Waals surface area contributed by atoms with Crippen LogP contribution in [0.4, 0.5) is 4.39 Å². The Kier molecular flexibility index (Phi) is 6.79. The van der Waals surface area contributed by atoms with Crippen LogP contribution in [0.1, 0.15) is 18.4 Å². The number of rotatable bonds is 7. The molecule has 1 heterocycles. The van der Waals surface area contributed by atoms with Crippen molar-refractivity contribution in [2.75, 3.05) is 7.05 Å². The number of hydrogen-bond acceptors (Lipinski definition) is 5. The lowest BCUT2D eigenvalue weighted by molar-refractivity contribution is -0.159. The van der Waals surface area contributed by atoms with Gasteiger partial charge in [-0.15, -0.1) is 0 Å². The molecule has 0 aliphatic carbocycles. The Bertz CT molecular complexity index is 1200. The summed E-state index contributed by atoms with van der Waals surface area (Å²) < 4.78 is 37.7. The van der Waals surface area contributed by atoms with Crippen molar-refractivity contribution in [3.05, 3.63) is 72.2 Å². The number of halogens is 1. The molecule has 1 aromatic heterocycles. The summed E-state index contributed by atoms with van der Waals surface area (Å²) in [5.74, 6) is -0.805. The van der Waals surface area contributed by atoms with Gasteiger partial charge in [-0.05, 0) is 54.8 Å². The van der Waals surface area contributed by atoms with E-state index in [1.165, 1.54) is 25.2 Å². The molecule has 0 saturated heterocycles. The Morgan fingerprint density at radius 1 is 1.13 bits per heavy atom. The Labute approximate surface area is 180 Å². The minimum absolute atomic E-state index is 0.0469. The van der Waals surface area contributed by atoms with Crippen molar-refractivity contribution in [1.29, 1.82) is 0 Å². The van der Waals surface area contributed by atoms with Crippen LogP contribution in [0.5, 0.6) is 0 Å². The first-order chi connectivity index (χ1) is 14.7. The molecule has 31 heavy (non-hydrogen) atoms. The SMILES string of the molecule is CN(O)C(=O)CCCc1cnc(-c2ccc(F)cc2)c(-c2ccccc2S(N)(=O)=O)c1. The molecule has 2 aromatic carbocycles. The highest BCUT2D eigenvalue weighted by Crippen LogP contribution is 2.35. The highest BCUT2D eigenvalue weighted by molar-refractivity contribution is 7.89. The van der Waals surface area contributed by atoms with Crippen LogP contribution in [0.2, 0.25) is 0 Å². The smallest absolute Gasteiger partial charge is 0.245 e. The van der Waals surface area contributed by atoms with E-state index in [9.17, 15) is 22.8 Å². The van der Waals surface area contributed by atoms with Crippen LogP contribution in [0.3, 0.4) is 0 Å². The number of nitrogens with zero attached hydrogens (tertiary/aromatic N) is 2. The zero-order valence-electron chi connectivity index (χ0n) is 16.8. The van der Waals surface area contributed by atoms with Crippen molar-refractivity contribution in [3.63, 3.8) is 0 Å². The lowest BCUT2D eigenvalue weighted by atomic mass is 9.96. The van der Waals surface area contributed by atoms with Gasteiger partial charge in [-0.25, -0.2) is 23.0 Å². The van der Waals surface area contributed by atoms with Crippen LogP contribution in [-0.4, -0.2) is 36.6 Å². The van der Waals surface area contributed by atoms with Gasteiger partial charge in [0.25, 0.3) is 0 Å². The number of aryl methyl sites for hydroxylation is 1. The van der Waals surface area contributed by atoms with E-state index in [1.807, 2.05) is 0 Å². The van der Waals surface area contributed by atoms with Crippen LogP contribution < -0.4 is 5.14 Å². The number of amides is 1. The zero-order chi connectivity index (χ0) is 22.6. The highest BCUT2D eigenvalue weighted by Gasteiger charge is 2.19. The molecular formula is C22H22FN3O4S. The second kappa shape index (κ2) is 9.34. The molecule has 0 fully saturated rings. The van der Waals surface area contributed by atoms with Gasteiger partial charge in [0.1, 0.15) is 5.82 Å². The minimum Gasteiger partial charge on any atom is -0.286 e. The summed E-state index contributed by atoms with van der Waals surface area (Å²) in [4.78, 5) is 16.1. The van der Waals surface area contributed by atoms with E-state index in [4.69, 9.17) is 5.14 Å². The first-order valence-corrected chi connectivity index (χ1v) is 11.0. The molecule has 9 heteroatoms. The largest absolute Gasteiger partial charge is 0.286 e. The first-order valence-electron chi connectivity index (χ1n) is 9.49. The molecule has 0 spiro atoms. The number of hydroxylamine groups is 2. The number of carbonyl (C=O) groups excluding carboxylic acids is 1. The first kappa shape index (κ1) is 22.5.